The summed E-state index contributed by atoms with van der Waals surface area (Å²) in [5.41, 5.74) is 1.57. The van der Waals surface area contributed by atoms with Crippen molar-refractivity contribution in [1.82, 2.24) is 0 Å². The molecule has 0 aromatic rings. The second-order valence-electron chi connectivity index (χ2n) is 11.3. The van der Waals surface area contributed by atoms with Gasteiger partial charge in [-0.3, -0.25) is 0 Å². The lowest BCUT2D eigenvalue weighted by atomic mass is 11.7. The Morgan fingerprint density at radius 3 is 0.474 bits per heavy atom. The minimum atomic E-state index is -0.731. The summed E-state index contributed by atoms with van der Waals surface area (Å²) in [7, 11) is -2.68. The van der Waals surface area contributed by atoms with E-state index in [4.69, 9.17) is 0 Å². The molecule has 0 saturated heterocycles. The highest BCUT2D eigenvalue weighted by atomic mass is 28.4. The van der Waals surface area contributed by atoms with Crippen LogP contribution in [0.5, 0.6) is 0 Å². The Balaban J connectivity index is -0.000000219. The van der Waals surface area contributed by atoms with Gasteiger partial charge in [-0.25, -0.2) is 0 Å². The molecular weight excluding hydrogens is 293 g/mol. The van der Waals surface area contributed by atoms with Crippen molar-refractivity contribution < 1.29 is 0 Å². The SMILES string of the molecule is C[Si](C)(C)C.C[Si](C)(C)C.C[Si](C)(C)C[Si](C)(C)C. The molecule has 4 heteroatoms. The molecular formula is C15H44Si4. The largest absolute Gasteiger partial charge is 0.0698 e. The maximum absolute atomic E-state index is 2.46. The fourth-order valence-corrected chi connectivity index (χ4v) is 14.3. The third kappa shape index (κ3) is 114. The van der Waals surface area contributed by atoms with Gasteiger partial charge in [-0.2, -0.15) is 0 Å². The molecule has 0 spiro atoms. The van der Waals surface area contributed by atoms with Gasteiger partial charge in [-0.1, -0.05) is 97.3 Å². The maximum atomic E-state index is 2.46. The third-order valence-electron chi connectivity index (χ3n) is 1.06. The van der Waals surface area contributed by atoms with E-state index in [1.165, 1.54) is 0 Å². The van der Waals surface area contributed by atoms with Crippen LogP contribution >= 0.6 is 0 Å². The second-order valence-corrected chi connectivity index (χ2v) is 35.0. The molecule has 0 amide bonds. The fraction of sp³-hybridized carbons (Fsp3) is 1.00. The Labute approximate surface area is 129 Å². The Morgan fingerprint density at radius 2 is 0.474 bits per heavy atom. The van der Waals surface area contributed by atoms with Crippen LogP contribution in [0.2, 0.25) is 97.3 Å². The Hall–Kier alpha value is 0.868. The first-order valence-electron chi connectivity index (χ1n) is 7.71. The highest BCUT2D eigenvalue weighted by Crippen LogP contribution is 2.18. The second kappa shape index (κ2) is 9.00. The normalized spacial score (nSPS) is 12.9. The first-order valence-corrected chi connectivity index (χ1v) is 23.1. The van der Waals surface area contributed by atoms with E-state index in [0.717, 1.165) is 0 Å². The summed E-state index contributed by atoms with van der Waals surface area (Å²) in [6, 6.07) is 0. The lowest BCUT2D eigenvalue weighted by Gasteiger charge is -2.25. The van der Waals surface area contributed by atoms with Crippen LogP contribution in [-0.2, 0) is 0 Å². The Kier molecular flexibility index (Phi) is 11.8. The fourth-order valence-electron chi connectivity index (χ4n) is 1.59. The van der Waals surface area contributed by atoms with Crippen LogP contribution in [0.3, 0.4) is 0 Å². The van der Waals surface area contributed by atoms with Crippen LogP contribution in [0.15, 0.2) is 0 Å². The van der Waals surface area contributed by atoms with Gasteiger partial charge in [0.05, 0.1) is 0 Å². The summed E-state index contributed by atoms with van der Waals surface area (Å²) < 4.78 is 0. The highest BCUT2D eigenvalue weighted by Gasteiger charge is 2.23. The van der Waals surface area contributed by atoms with Crippen LogP contribution < -0.4 is 0 Å². The smallest absolute Gasteiger partial charge is 0.0416 e. The topological polar surface area (TPSA) is 0 Å². The van der Waals surface area contributed by atoms with Gasteiger partial charge in [-0.05, 0) is 0 Å². The van der Waals surface area contributed by atoms with E-state index in [9.17, 15) is 0 Å². The van der Waals surface area contributed by atoms with E-state index in [0.29, 0.717) is 0 Å². The molecule has 0 aliphatic rings. The quantitative estimate of drug-likeness (QED) is 0.471. The van der Waals surface area contributed by atoms with Gasteiger partial charge >= 0.3 is 0 Å². The molecule has 0 N–H and O–H groups in total. The molecule has 0 radical (unpaired) electrons. The monoisotopic (exact) mass is 336 g/mol. The van der Waals surface area contributed by atoms with Crippen molar-refractivity contribution in [3.05, 3.63) is 0 Å². The average Bonchev–Trinajstić information content (AvgIpc) is 1.63. The number of rotatable bonds is 2. The molecule has 0 aromatic heterocycles. The summed E-state index contributed by atoms with van der Waals surface area (Å²) in [6.07, 6.45) is 0. The molecule has 0 saturated carbocycles. The summed E-state index contributed by atoms with van der Waals surface area (Å²) in [5.74, 6) is 0. The zero-order valence-corrected chi connectivity index (χ0v) is 20.7. The van der Waals surface area contributed by atoms with Gasteiger partial charge in [0.25, 0.3) is 0 Å². The molecule has 0 aliphatic carbocycles. The molecule has 0 nitrogen and oxygen atoms in total. The van der Waals surface area contributed by atoms with Gasteiger partial charge in [0.15, 0.2) is 0 Å². The molecule has 19 heavy (non-hydrogen) atoms. The number of hydrogen-bond donors (Lipinski definition) is 0. The van der Waals surface area contributed by atoms with E-state index < -0.39 is 32.3 Å². The van der Waals surface area contributed by atoms with Gasteiger partial charge < -0.3 is 0 Å². The van der Waals surface area contributed by atoms with Crippen molar-refractivity contribution in [3.63, 3.8) is 0 Å². The van der Waals surface area contributed by atoms with Gasteiger partial charge in [0.2, 0.25) is 0 Å². The van der Waals surface area contributed by atoms with Gasteiger partial charge in [0.1, 0.15) is 0 Å². The zero-order chi connectivity index (χ0) is 16.7. The molecule has 0 aliphatic heterocycles. The molecule has 0 fully saturated rings. The summed E-state index contributed by atoms with van der Waals surface area (Å²) >= 11 is 0. The summed E-state index contributed by atoms with van der Waals surface area (Å²) in [4.78, 5) is 0. The van der Waals surface area contributed by atoms with Gasteiger partial charge in [0, 0.05) is 32.3 Å². The van der Waals surface area contributed by atoms with Crippen molar-refractivity contribution >= 4 is 32.3 Å². The van der Waals surface area contributed by atoms with Crippen LogP contribution in [0.25, 0.3) is 0 Å². The molecule has 120 valence electrons. The van der Waals surface area contributed by atoms with Crippen molar-refractivity contribution in [2.75, 3.05) is 0 Å². The maximum Gasteiger partial charge on any atom is 0.0416 e. The van der Waals surface area contributed by atoms with Crippen molar-refractivity contribution in [2.45, 2.75) is 97.3 Å². The van der Waals surface area contributed by atoms with Crippen molar-refractivity contribution in [2.24, 2.45) is 0 Å². The molecule has 0 bridgehead atoms. The predicted octanol–water partition coefficient (Wildman–Crippen LogP) is 7.11. The van der Waals surface area contributed by atoms with Crippen LogP contribution in [0.4, 0.5) is 0 Å². The predicted molar refractivity (Wildman–Crippen MR) is 110 cm³/mol. The van der Waals surface area contributed by atoms with E-state index in [2.05, 4.69) is 91.7 Å². The van der Waals surface area contributed by atoms with E-state index in [1.807, 2.05) is 0 Å². The average molecular weight is 337 g/mol. The van der Waals surface area contributed by atoms with Crippen molar-refractivity contribution in [1.29, 1.82) is 0 Å². The molecule has 0 heterocycles. The molecule has 0 atom stereocenters. The minimum Gasteiger partial charge on any atom is -0.0698 e. The molecule has 0 unspecified atom stereocenters. The number of hydrogen-bond acceptors (Lipinski definition) is 0. The first kappa shape index (κ1) is 24.9. The Morgan fingerprint density at radius 1 is 0.368 bits per heavy atom. The Bertz CT molecular complexity index is 172. The van der Waals surface area contributed by atoms with E-state index in [1.54, 1.807) is 5.67 Å². The minimum absolute atomic E-state index is 0.611. The standard InChI is InChI=1S/C7H20Si2.2C4H12Si/c1-8(2,3)7-9(4,5)6;2*1-5(2,3)4/h7H2,1-6H3;2*1-4H3. The first-order chi connectivity index (χ1) is 7.71. The van der Waals surface area contributed by atoms with Crippen LogP contribution in [0, 0.1) is 0 Å². The lowest BCUT2D eigenvalue weighted by molar-refractivity contribution is 1.52. The molecule has 0 rings (SSSR count). The van der Waals surface area contributed by atoms with Crippen LogP contribution in [-0.4, -0.2) is 32.3 Å². The van der Waals surface area contributed by atoms with E-state index >= 15 is 0 Å². The van der Waals surface area contributed by atoms with Crippen molar-refractivity contribution in [3.8, 4) is 0 Å². The zero-order valence-electron chi connectivity index (χ0n) is 16.7. The summed E-state index contributed by atoms with van der Waals surface area (Å²) in [5, 5.41) is 0. The third-order valence-corrected chi connectivity index (χ3v) is 9.55. The molecule has 0 aromatic carbocycles. The van der Waals surface area contributed by atoms with Crippen LogP contribution in [0.1, 0.15) is 0 Å². The highest BCUT2D eigenvalue weighted by molar-refractivity contribution is 6.94. The van der Waals surface area contributed by atoms with E-state index in [-0.39, 0.29) is 0 Å². The lowest BCUT2D eigenvalue weighted by Crippen LogP contribution is -2.34. The summed E-state index contributed by atoms with van der Waals surface area (Å²) in [6.45, 7) is 33.4. The van der Waals surface area contributed by atoms with Gasteiger partial charge in [-0.15, -0.1) is 0 Å².